The molecular weight excluding hydrogens is 392 g/mol. The summed E-state index contributed by atoms with van der Waals surface area (Å²) >= 11 is 2.86. The van der Waals surface area contributed by atoms with E-state index in [4.69, 9.17) is 0 Å². The maximum atomic E-state index is 12.8. The number of nitrogens with one attached hydrogen (secondary N) is 1. The van der Waals surface area contributed by atoms with Gasteiger partial charge in [0, 0.05) is 27.6 Å². The molecule has 0 fully saturated rings. The van der Waals surface area contributed by atoms with E-state index in [9.17, 15) is 9.59 Å². The van der Waals surface area contributed by atoms with Crippen LogP contribution in [-0.2, 0) is 9.59 Å². The van der Waals surface area contributed by atoms with Gasteiger partial charge >= 0.3 is 0 Å². The second kappa shape index (κ2) is 7.65. The van der Waals surface area contributed by atoms with Gasteiger partial charge in [-0.1, -0.05) is 30.3 Å². The monoisotopic (exact) mass is 410 g/mol. The van der Waals surface area contributed by atoms with Crippen molar-refractivity contribution in [1.29, 1.82) is 0 Å². The van der Waals surface area contributed by atoms with Crippen molar-refractivity contribution in [2.24, 2.45) is 4.99 Å². The highest BCUT2D eigenvalue weighted by atomic mass is 32.1. The molecule has 0 unspecified atom stereocenters. The Hall–Kier alpha value is -2.84. The maximum absolute atomic E-state index is 12.8. The molecule has 0 aliphatic carbocycles. The molecule has 2 amide bonds. The van der Waals surface area contributed by atoms with E-state index in [-0.39, 0.29) is 24.9 Å². The van der Waals surface area contributed by atoms with E-state index >= 15 is 0 Å². The zero-order valence-corrected chi connectivity index (χ0v) is 17.1. The molecule has 1 aromatic carbocycles. The molecule has 28 heavy (non-hydrogen) atoms. The van der Waals surface area contributed by atoms with Crippen LogP contribution in [0.5, 0.6) is 0 Å². The zero-order chi connectivity index (χ0) is 19.7. The summed E-state index contributed by atoms with van der Waals surface area (Å²) < 4.78 is 0. The van der Waals surface area contributed by atoms with Gasteiger partial charge in [0.1, 0.15) is 18.1 Å². The molecule has 4 rings (SSSR count). The molecule has 0 bridgehead atoms. The third-order valence-electron chi connectivity index (χ3n) is 4.55. The smallest absolute Gasteiger partial charge is 0.249 e. The second-order valence-corrected chi connectivity index (χ2v) is 8.46. The Kier molecular flexibility index (Phi) is 5.06. The summed E-state index contributed by atoms with van der Waals surface area (Å²) in [5.41, 5.74) is 3.78. The zero-order valence-electron chi connectivity index (χ0n) is 15.4. The number of rotatable bonds is 4. The number of carbonyl (C=O) groups is 2. The molecule has 1 aliphatic rings. The van der Waals surface area contributed by atoms with Gasteiger partial charge in [0.15, 0.2) is 5.13 Å². The number of anilines is 2. The van der Waals surface area contributed by atoms with Gasteiger partial charge in [0.25, 0.3) is 0 Å². The van der Waals surface area contributed by atoms with Crippen LogP contribution >= 0.6 is 22.7 Å². The maximum Gasteiger partial charge on any atom is 0.249 e. The molecule has 3 heterocycles. The van der Waals surface area contributed by atoms with Crippen LogP contribution in [0, 0.1) is 13.8 Å². The highest BCUT2D eigenvalue weighted by molar-refractivity contribution is 7.17. The molecule has 142 valence electrons. The van der Waals surface area contributed by atoms with E-state index in [0.29, 0.717) is 5.13 Å². The number of aliphatic imine (C=N–C) groups is 1. The highest BCUT2D eigenvalue weighted by Gasteiger charge is 2.30. The van der Waals surface area contributed by atoms with Crippen molar-refractivity contribution < 1.29 is 9.59 Å². The Balaban J connectivity index is 1.72. The van der Waals surface area contributed by atoms with Crippen molar-refractivity contribution in [3.05, 3.63) is 63.5 Å². The van der Waals surface area contributed by atoms with E-state index in [1.54, 1.807) is 16.5 Å². The lowest BCUT2D eigenvalue weighted by molar-refractivity contribution is -0.120. The number of hydrogen-bond donors (Lipinski definition) is 1. The molecule has 3 aromatic rings. The first kappa shape index (κ1) is 18.5. The quantitative estimate of drug-likeness (QED) is 0.713. The van der Waals surface area contributed by atoms with Crippen molar-refractivity contribution in [1.82, 2.24) is 4.98 Å². The number of benzene rings is 1. The molecule has 6 nitrogen and oxygen atoms in total. The summed E-state index contributed by atoms with van der Waals surface area (Å²) in [4.78, 5) is 36.7. The van der Waals surface area contributed by atoms with Gasteiger partial charge in [-0.15, -0.1) is 22.7 Å². The fourth-order valence-corrected chi connectivity index (χ4v) is 4.80. The molecule has 0 atom stereocenters. The van der Waals surface area contributed by atoms with Crippen LogP contribution in [0.3, 0.4) is 0 Å². The minimum atomic E-state index is -0.277. The number of nitrogens with zero attached hydrogens (tertiary/aromatic N) is 3. The van der Waals surface area contributed by atoms with Crippen LogP contribution in [0.1, 0.15) is 21.6 Å². The van der Waals surface area contributed by atoms with Crippen molar-refractivity contribution in [2.75, 3.05) is 23.3 Å². The fraction of sp³-hybridized carbons (Fsp3) is 0.200. The number of fused-ring (bicyclic) bond motifs is 1. The first-order chi connectivity index (χ1) is 13.5. The van der Waals surface area contributed by atoms with Crippen LogP contribution in [0.4, 0.5) is 10.1 Å². The predicted octanol–water partition coefficient (Wildman–Crippen LogP) is 3.64. The number of aryl methyl sites for hydroxylation is 1. The number of carbonyl (C=O) groups excluding carboxylic acids is 2. The molecule has 8 heteroatoms. The highest BCUT2D eigenvalue weighted by Crippen LogP contribution is 2.38. The Morgan fingerprint density at radius 2 is 2.04 bits per heavy atom. The largest absolute Gasteiger partial charge is 0.300 e. The third kappa shape index (κ3) is 3.48. The SMILES string of the molecule is Cc1sc2c(c1C)C(c1ccccc1)=NCC(=O)N2CC(=O)Nc1nccs1. The fourth-order valence-electron chi connectivity index (χ4n) is 3.08. The Labute approximate surface area is 170 Å². The molecule has 0 radical (unpaired) electrons. The minimum absolute atomic E-state index is 0.00858. The van der Waals surface area contributed by atoms with Gasteiger partial charge in [0.2, 0.25) is 11.8 Å². The lowest BCUT2D eigenvalue weighted by Gasteiger charge is -2.19. The standard InChI is InChI=1S/C20H18N4O2S2/c1-12-13(2)28-19-17(12)18(14-6-4-3-5-7-14)22-10-16(26)24(19)11-15(25)23-20-21-8-9-27-20/h3-9H,10-11H2,1-2H3,(H,21,23,25). The van der Waals surface area contributed by atoms with Gasteiger partial charge < -0.3 is 5.32 Å². The number of thiophene rings is 1. The number of amides is 2. The lowest BCUT2D eigenvalue weighted by atomic mass is 10.00. The third-order valence-corrected chi connectivity index (χ3v) is 6.47. The van der Waals surface area contributed by atoms with Crippen molar-refractivity contribution in [2.45, 2.75) is 13.8 Å². The first-order valence-electron chi connectivity index (χ1n) is 8.74. The molecule has 1 aliphatic heterocycles. The van der Waals surface area contributed by atoms with Crippen LogP contribution in [0.15, 0.2) is 46.9 Å². The van der Waals surface area contributed by atoms with Gasteiger partial charge in [-0.3, -0.25) is 19.5 Å². The van der Waals surface area contributed by atoms with E-state index in [1.807, 2.05) is 44.2 Å². The summed E-state index contributed by atoms with van der Waals surface area (Å²) in [6.45, 7) is 4.00. The Morgan fingerprint density at radius 1 is 1.25 bits per heavy atom. The van der Waals surface area contributed by atoms with Crippen LogP contribution in [0.2, 0.25) is 0 Å². The van der Waals surface area contributed by atoms with Crippen LogP contribution < -0.4 is 10.2 Å². The Morgan fingerprint density at radius 3 is 2.75 bits per heavy atom. The van der Waals surface area contributed by atoms with Gasteiger partial charge in [0.05, 0.1) is 5.71 Å². The first-order valence-corrected chi connectivity index (χ1v) is 10.4. The average molecular weight is 411 g/mol. The lowest BCUT2D eigenvalue weighted by Crippen LogP contribution is -2.38. The van der Waals surface area contributed by atoms with Crippen molar-refractivity contribution in [3.63, 3.8) is 0 Å². The predicted molar refractivity (Wildman–Crippen MR) is 114 cm³/mol. The second-order valence-electron chi connectivity index (χ2n) is 6.36. The minimum Gasteiger partial charge on any atom is -0.300 e. The molecule has 0 saturated carbocycles. The summed E-state index contributed by atoms with van der Waals surface area (Å²) in [5.74, 6) is -0.469. The summed E-state index contributed by atoms with van der Waals surface area (Å²) in [6, 6.07) is 9.85. The van der Waals surface area contributed by atoms with Crippen molar-refractivity contribution in [3.8, 4) is 0 Å². The number of aromatic nitrogens is 1. The number of hydrogen-bond acceptors (Lipinski definition) is 6. The van der Waals surface area contributed by atoms with Gasteiger partial charge in [-0.2, -0.15) is 0 Å². The molecule has 1 N–H and O–H groups in total. The average Bonchev–Trinajstić information content (AvgIpc) is 3.27. The molecule has 2 aromatic heterocycles. The van der Waals surface area contributed by atoms with Crippen LogP contribution in [0.25, 0.3) is 0 Å². The van der Waals surface area contributed by atoms with E-state index in [1.165, 1.54) is 22.7 Å². The van der Waals surface area contributed by atoms with Gasteiger partial charge in [-0.05, 0) is 19.4 Å². The Bertz CT molecular complexity index is 1060. The van der Waals surface area contributed by atoms with E-state index in [2.05, 4.69) is 15.3 Å². The van der Waals surface area contributed by atoms with E-state index < -0.39 is 0 Å². The van der Waals surface area contributed by atoms with Crippen molar-refractivity contribution >= 4 is 50.3 Å². The number of thiazole rings is 1. The summed E-state index contributed by atoms with van der Waals surface area (Å²) in [7, 11) is 0. The summed E-state index contributed by atoms with van der Waals surface area (Å²) in [6.07, 6.45) is 1.63. The van der Waals surface area contributed by atoms with E-state index in [0.717, 1.165) is 32.3 Å². The normalized spacial score (nSPS) is 13.7. The summed E-state index contributed by atoms with van der Waals surface area (Å²) in [5, 5.41) is 5.83. The topological polar surface area (TPSA) is 74.7 Å². The molecule has 0 saturated heterocycles. The molecular formula is C20H18N4O2S2. The van der Waals surface area contributed by atoms with Crippen LogP contribution in [-0.4, -0.2) is 35.6 Å². The molecule has 0 spiro atoms. The van der Waals surface area contributed by atoms with Gasteiger partial charge in [-0.25, -0.2) is 4.98 Å².